The Hall–Kier alpha value is -2.57. The Morgan fingerprint density at radius 2 is 1.87 bits per heavy atom. The number of carbonyl (C=O) groups is 3. The molecule has 1 aliphatic heterocycles. The third-order valence-corrected chi connectivity index (χ3v) is 5.48. The van der Waals surface area contributed by atoms with Crippen molar-refractivity contribution in [2.24, 2.45) is 0 Å². The van der Waals surface area contributed by atoms with Gasteiger partial charge in [-0.05, 0) is 36.8 Å². The first-order valence-electron chi connectivity index (χ1n) is 9.78. The molecule has 1 fully saturated rings. The Labute approximate surface area is 186 Å². The van der Waals surface area contributed by atoms with Crippen LogP contribution in [0.5, 0.6) is 0 Å². The molecular weight excluding hydrogens is 425 g/mol. The summed E-state index contributed by atoms with van der Waals surface area (Å²) in [6.07, 6.45) is 1.64. The molecule has 2 aromatic rings. The highest BCUT2D eigenvalue weighted by molar-refractivity contribution is 6.33. The molecule has 158 valence electrons. The minimum Gasteiger partial charge on any atom is -0.329 e. The molecule has 2 aromatic carbocycles. The number of hydrogen-bond donors (Lipinski definition) is 0. The molecule has 0 bridgehead atoms. The van der Waals surface area contributed by atoms with Crippen LogP contribution in [0.4, 0.5) is 5.69 Å². The first kappa shape index (κ1) is 22.1. The normalized spacial score (nSPS) is 13.6. The van der Waals surface area contributed by atoms with Gasteiger partial charge in [0, 0.05) is 17.3 Å². The van der Waals surface area contributed by atoms with Gasteiger partial charge in [0.15, 0.2) is 0 Å². The number of benzene rings is 2. The minimum absolute atomic E-state index is 0.0345. The van der Waals surface area contributed by atoms with Crippen LogP contribution in [0.25, 0.3) is 0 Å². The van der Waals surface area contributed by atoms with Crippen LogP contribution in [0.2, 0.25) is 10.0 Å². The van der Waals surface area contributed by atoms with Crippen molar-refractivity contribution >= 4 is 46.6 Å². The fourth-order valence-electron chi connectivity index (χ4n) is 3.25. The van der Waals surface area contributed by atoms with E-state index in [0.717, 1.165) is 12.8 Å². The summed E-state index contributed by atoms with van der Waals surface area (Å²) >= 11 is 12.2. The van der Waals surface area contributed by atoms with Gasteiger partial charge in [-0.3, -0.25) is 19.3 Å². The van der Waals surface area contributed by atoms with E-state index in [1.54, 1.807) is 48.5 Å². The Morgan fingerprint density at radius 3 is 2.57 bits per heavy atom. The molecule has 3 rings (SSSR count). The van der Waals surface area contributed by atoms with Crippen molar-refractivity contribution in [3.8, 4) is 0 Å². The molecule has 1 aliphatic rings. The molecule has 30 heavy (non-hydrogen) atoms. The third kappa shape index (κ3) is 5.12. The van der Waals surface area contributed by atoms with E-state index in [1.807, 2.05) is 6.92 Å². The molecule has 0 N–H and O–H groups in total. The van der Waals surface area contributed by atoms with Gasteiger partial charge in [0.2, 0.25) is 11.8 Å². The second kappa shape index (κ2) is 9.96. The molecule has 3 amide bonds. The SMILES string of the molecule is CCCCN(CC(=O)N1CC(=O)N(c2cccc(Cl)c2)C1)C(=O)c1ccccc1Cl. The molecule has 0 aliphatic carbocycles. The zero-order valence-electron chi connectivity index (χ0n) is 16.7. The highest BCUT2D eigenvalue weighted by Crippen LogP contribution is 2.23. The molecule has 0 aromatic heterocycles. The summed E-state index contributed by atoms with van der Waals surface area (Å²) in [5, 5.41) is 0.862. The van der Waals surface area contributed by atoms with Crippen molar-refractivity contribution in [1.82, 2.24) is 9.80 Å². The molecular formula is C22H23Cl2N3O3. The zero-order valence-corrected chi connectivity index (χ0v) is 18.2. The Kier molecular flexibility index (Phi) is 7.34. The van der Waals surface area contributed by atoms with Crippen LogP contribution in [0, 0.1) is 0 Å². The maximum Gasteiger partial charge on any atom is 0.255 e. The number of carbonyl (C=O) groups excluding carboxylic acids is 3. The lowest BCUT2D eigenvalue weighted by molar-refractivity contribution is -0.132. The lowest BCUT2D eigenvalue weighted by atomic mass is 10.2. The maximum atomic E-state index is 13.0. The fourth-order valence-corrected chi connectivity index (χ4v) is 3.66. The average Bonchev–Trinajstić information content (AvgIpc) is 3.12. The monoisotopic (exact) mass is 447 g/mol. The Morgan fingerprint density at radius 1 is 1.10 bits per heavy atom. The maximum absolute atomic E-state index is 13.0. The molecule has 6 nitrogen and oxygen atoms in total. The second-order valence-corrected chi connectivity index (χ2v) is 7.94. The van der Waals surface area contributed by atoms with Crippen LogP contribution < -0.4 is 4.90 Å². The highest BCUT2D eigenvalue weighted by Gasteiger charge is 2.33. The quantitative estimate of drug-likeness (QED) is 0.642. The summed E-state index contributed by atoms with van der Waals surface area (Å²) in [6, 6.07) is 13.7. The van der Waals surface area contributed by atoms with Crippen molar-refractivity contribution in [2.75, 3.05) is 31.2 Å². The van der Waals surface area contributed by atoms with Crippen molar-refractivity contribution in [1.29, 1.82) is 0 Å². The number of hydrogen-bond acceptors (Lipinski definition) is 3. The Bertz CT molecular complexity index is 951. The standard InChI is InChI=1S/C22H23Cl2N3O3/c1-2-3-11-25(22(30)18-9-4-5-10-19(18)24)13-20(28)26-14-21(29)27(15-26)17-8-6-7-16(23)12-17/h4-10,12H,2-3,11,13-15H2,1H3. The molecule has 1 heterocycles. The van der Waals surface area contributed by atoms with E-state index >= 15 is 0 Å². The van der Waals surface area contributed by atoms with Crippen molar-refractivity contribution < 1.29 is 14.4 Å². The summed E-state index contributed by atoms with van der Waals surface area (Å²) in [5.41, 5.74) is 0.999. The third-order valence-electron chi connectivity index (χ3n) is 4.91. The van der Waals surface area contributed by atoms with Gasteiger partial charge in [-0.2, -0.15) is 0 Å². The van der Waals surface area contributed by atoms with Gasteiger partial charge >= 0.3 is 0 Å². The van der Waals surface area contributed by atoms with E-state index in [0.29, 0.717) is 27.8 Å². The number of nitrogens with zero attached hydrogens (tertiary/aromatic N) is 3. The van der Waals surface area contributed by atoms with E-state index < -0.39 is 0 Å². The van der Waals surface area contributed by atoms with Crippen molar-refractivity contribution in [3.05, 3.63) is 64.1 Å². The summed E-state index contributed by atoms with van der Waals surface area (Å²) < 4.78 is 0. The van der Waals surface area contributed by atoms with Gasteiger partial charge in [0.25, 0.3) is 5.91 Å². The number of anilines is 1. The van der Waals surface area contributed by atoms with Gasteiger partial charge < -0.3 is 9.80 Å². The van der Waals surface area contributed by atoms with E-state index in [2.05, 4.69) is 0 Å². The van der Waals surface area contributed by atoms with Gasteiger partial charge in [0.05, 0.1) is 10.6 Å². The molecule has 1 saturated heterocycles. The molecule has 8 heteroatoms. The summed E-state index contributed by atoms with van der Waals surface area (Å²) in [5.74, 6) is -0.771. The highest BCUT2D eigenvalue weighted by atomic mass is 35.5. The van der Waals surface area contributed by atoms with Gasteiger partial charge in [-0.15, -0.1) is 0 Å². The zero-order chi connectivity index (χ0) is 21.7. The van der Waals surface area contributed by atoms with Gasteiger partial charge in [-0.25, -0.2) is 0 Å². The molecule has 0 spiro atoms. The van der Waals surface area contributed by atoms with Crippen molar-refractivity contribution in [3.63, 3.8) is 0 Å². The largest absolute Gasteiger partial charge is 0.329 e. The van der Waals surface area contributed by atoms with E-state index in [1.165, 1.54) is 14.7 Å². The van der Waals surface area contributed by atoms with Crippen LogP contribution in [0.15, 0.2) is 48.5 Å². The number of rotatable bonds is 7. The van der Waals surface area contributed by atoms with Crippen LogP contribution in [0.3, 0.4) is 0 Å². The molecule has 0 atom stereocenters. The van der Waals surface area contributed by atoms with Crippen LogP contribution in [0.1, 0.15) is 30.1 Å². The lowest BCUT2D eigenvalue weighted by Gasteiger charge is -2.25. The number of unbranched alkanes of at least 4 members (excludes halogenated alkanes) is 1. The summed E-state index contributed by atoms with van der Waals surface area (Å²) in [6.45, 7) is 2.43. The fraction of sp³-hybridized carbons (Fsp3) is 0.318. The first-order valence-corrected chi connectivity index (χ1v) is 10.5. The molecule has 0 radical (unpaired) electrons. The second-order valence-electron chi connectivity index (χ2n) is 7.09. The smallest absolute Gasteiger partial charge is 0.255 e. The van der Waals surface area contributed by atoms with Crippen molar-refractivity contribution in [2.45, 2.75) is 19.8 Å². The molecule has 0 unspecified atom stereocenters. The molecule has 0 saturated carbocycles. The Balaban J connectivity index is 1.72. The van der Waals surface area contributed by atoms with Crippen LogP contribution in [-0.2, 0) is 9.59 Å². The van der Waals surface area contributed by atoms with Crippen LogP contribution >= 0.6 is 23.2 Å². The predicted molar refractivity (Wildman–Crippen MR) is 118 cm³/mol. The lowest BCUT2D eigenvalue weighted by Crippen LogP contribution is -2.43. The van der Waals surface area contributed by atoms with E-state index in [4.69, 9.17) is 23.2 Å². The van der Waals surface area contributed by atoms with E-state index in [-0.39, 0.29) is 37.5 Å². The van der Waals surface area contributed by atoms with Gasteiger partial charge in [0.1, 0.15) is 19.8 Å². The summed E-state index contributed by atoms with van der Waals surface area (Å²) in [7, 11) is 0. The summed E-state index contributed by atoms with van der Waals surface area (Å²) in [4.78, 5) is 42.8. The topological polar surface area (TPSA) is 60.9 Å². The predicted octanol–water partition coefficient (Wildman–Crippen LogP) is 4.07. The number of halogens is 2. The van der Waals surface area contributed by atoms with E-state index in [9.17, 15) is 14.4 Å². The van der Waals surface area contributed by atoms with Gasteiger partial charge in [-0.1, -0.05) is 54.7 Å². The first-order chi connectivity index (χ1) is 14.4. The number of amides is 3. The minimum atomic E-state index is -0.292. The van der Waals surface area contributed by atoms with Crippen LogP contribution in [-0.4, -0.2) is 53.8 Å². The average molecular weight is 448 g/mol.